The van der Waals surface area contributed by atoms with Gasteiger partial charge in [-0.15, -0.1) is 0 Å². The zero-order chi connectivity index (χ0) is 11.0. The van der Waals surface area contributed by atoms with Crippen molar-refractivity contribution in [3.05, 3.63) is 29.7 Å². The average Bonchev–Trinajstić information content (AvgIpc) is 2.98. The molecule has 1 aromatic heterocycles. The van der Waals surface area contributed by atoms with Crippen LogP contribution in [0, 0.1) is 12.8 Å². The number of nitrogens with zero attached hydrogens (tertiary/aromatic N) is 1. The zero-order valence-corrected chi connectivity index (χ0v) is 9.49. The molecule has 1 aliphatic carbocycles. The number of hydrogen-bond donors (Lipinski definition) is 1. The van der Waals surface area contributed by atoms with Crippen molar-refractivity contribution in [3.8, 4) is 0 Å². The van der Waals surface area contributed by atoms with Crippen LogP contribution in [-0.2, 0) is 6.54 Å². The SMILES string of the molecule is Cc1cccc2nc(CNCC3CC3)oc12. The van der Waals surface area contributed by atoms with Gasteiger partial charge in [-0.05, 0) is 43.9 Å². The van der Waals surface area contributed by atoms with Crippen LogP contribution in [0.4, 0.5) is 0 Å². The summed E-state index contributed by atoms with van der Waals surface area (Å²) in [6.07, 6.45) is 2.75. The van der Waals surface area contributed by atoms with Crippen LogP contribution >= 0.6 is 0 Å². The Morgan fingerprint density at radius 1 is 1.44 bits per heavy atom. The Bertz CT molecular complexity index is 500. The van der Waals surface area contributed by atoms with Crippen molar-refractivity contribution in [1.29, 1.82) is 0 Å². The van der Waals surface area contributed by atoms with Crippen LogP contribution in [-0.4, -0.2) is 11.5 Å². The predicted molar refractivity (Wildman–Crippen MR) is 63.2 cm³/mol. The van der Waals surface area contributed by atoms with Crippen LogP contribution in [0.1, 0.15) is 24.3 Å². The van der Waals surface area contributed by atoms with E-state index in [1.54, 1.807) is 0 Å². The van der Waals surface area contributed by atoms with Crippen LogP contribution in [0.5, 0.6) is 0 Å². The zero-order valence-electron chi connectivity index (χ0n) is 9.49. The first-order valence-electron chi connectivity index (χ1n) is 5.88. The van der Waals surface area contributed by atoms with Gasteiger partial charge in [-0.2, -0.15) is 0 Å². The summed E-state index contributed by atoms with van der Waals surface area (Å²) in [6, 6.07) is 6.06. The van der Waals surface area contributed by atoms with Gasteiger partial charge in [-0.25, -0.2) is 4.98 Å². The minimum atomic E-state index is 0.741. The maximum absolute atomic E-state index is 5.73. The molecule has 0 unspecified atom stereocenters. The molecule has 1 saturated carbocycles. The highest BCUT2D eigenvalue weighted by atomic mass is 16.3. The van der Waals surface area contributed by atoms with Crippen molar-refractivity contribution >= 4 is 11.1 Å². The molecule has 3 heteroatoms. The topological polar surface area (TPSA) is 38.1 Å². The first-order valence-corrected chi connectivity index (χ1v) is 5.88. The second-order valence-corrected chi connectivity index (χ2v) is 4.61. The standard InChI is InChI=1S/C13H16N2O/c1-9-3-2-4-11-13(9)16-12(15-11)8-14-7-10-5-6-10/h2-4,10,14H,5-8H2,1H3. The van der Waals surface area contributed by atoms with Gasteiger partial charge in [-0.1, -0.05) is 12.1 Å². The molecular formula is C13H16N2O. The summed E-state index contributed by atoms with van der Waals surface area (Å²) >= 11 is 0. The maximum Gasteiger partial charge on any atom is 0.209 e. The van der Waals surface area contributed by atoms with Crippen molar-refractivity contribution in [2.24, 2.45) is 5.92 Å². The van der Waals surface area contributed by atoms with Gasteiger partial charge in [0.2, 0.25) is 5.89 Å². The van der Waals surface area contributed by atoms with Gasteiger partial charge >= 0.3 is 0 Å². The van der Waals surface area contributed by atoms with Crippen LogP contribution < -0.4 is 5.32 Å². The molecule has 1 aliphatic rings. The average molecular weight is 216 g/mol. The number of fused-ring (bicyclic) bond motifs is 1. The Labute approximate surface area is 94.9 Å². The molecule has 0 amide bonds. The molecule has 3 nitrogen and oxygen atoms in total. The number of rotatable bonds is 4. The van der Waals surface area contributed by atoms with Crippen LogP contribution in [0.2, 0.25) is 0 Å². The lowest BCUT2D eigenvalue weighted by atomic mass is 10.2. The number of nitrogens with one attached hydrogen (secondary N) is 1. The number of aryl methyl sites for hydroxylation is 1. The number of oxazole rings is 1. The third kappa shape index (κ3) is 1.95. The Morgan fingerprint density at radius 3 is 3.06 bits per heavy atom. The highest BCUT2D eigenvalue weighted by molar-refractivity contribution is 5.75. The van der Waals surface area contributed by atoms with Crippen molar-refractivity contribution < 1.29 is 4.42 Å². The predicted octanol–water partition coefficient (Wildman–Crippen LogP) is 2.64. The second kappa shape index (κ2) is 3.91. The summed E-state index contributed by atoms with van der Waals surface area (Å²) in [6.45, 7) is 3.89. The molecule has 1 aromatic carbocycles. The molecule has 2 aromatic rings. The molecule has 0 aliphatic heterocycles. The van der Waals surface area contributed by atoms with Crippen molar-refractivity contribution in [1.82, 2.24) is 10.3 Å². The molecule has 0 bridgehead atoms. The molecule has 1 N–H and O–H groups in total. The normalized spacial score (nSPS) is 15.8. The van der Waals surface area contributed by atoms with E-state index in [2.05, 4.69) is 23.3 Å². The van der Waals surface area contributed by atoms with Crippen molar-refractivity contribution in [3.63, 3.8) is 0 Å². The molecule has 0 spiro atoms. The minimum Gasteiger partial charge on any atom is -0.439 e. The fourth-order valence-corrected chi connectivity index (χ4v) is 1.91. The maximum atomic E-state index is 5.73. The van der Waals surface area contributed by atoms with E-state index in [4.69, 9.17) is 4.42 Å². The number of hydrogen-bond acceptors (Lipinski definition) is 3. The Kier molecular flexibility index (Phi) is 2.40. The summed E-state index contributed by atoms with van der Waals surface area (Å²) in [5, 5.41) is 3.39. The van der Waals surface area contributed by atoms with E-state index in [1.165, 1.54) is 12.8 Å². The first kappa shape index (κ1) is 9.85. The lowest BCUT2D eigenvalue weighted by Crippen LogP contribution is -2.16. The number of benzene rings is 1. The lowest BCUT2D eigenvalue weighted by molar-refractivity contribution is 0.489. The number of aromatic nitrogens is 1. The van der Waals surface area contributed by atoms with E-state index < -0.39 is 0 Å². The molecule has 1 heterocycles. The molecular weight excluding hydrogens is 200 g/mol. The van der Waals surface area contributed by atoms with E-state index in [9.17, 15) is 0 Å². The second-order valence-electron chi connectivity index (χ2n) is 4.61. The molecule has 16 heavy (non-hydrogen) atoms. The van der Waals surface area contributed by atoms with E-state index in [-0.39, 0.29) is 0 Å². The highest BCUT2D eigenvalue weighted by Gasteiger charge is 2.20. The molecule has 0 saturated heterocycles. The largest absolute Gasteiger partial charge is 0.439 e. The van der Waals surface area contributed by atoms with E-state index in [0.29, 0.717) is 0 Å². The summed E-state index contributed by atoms with van der Waals surface area (Å²) in [5.74, 6) is 1.69. The molecule has 0 radical (unpaired) electrons. The lowest BCUT2D eigenvalue weighted by Gasteiger charge is -1.98. The quantitative estimate of drug-likeness (QED) is 0.853. The fraction of sp³-hybridized carbons (Fsp3) is 0.462. The van der Waals surface area contributed by atoms with Gasteiger partial charge in [0.1, 0.15) is 5.52 Å². The minimum absolute atomic E-state index is 0.741. The van der Waals surface area contributed by atoms with Gasteiger partial charge in [-0.3, -0.25) is 0 Å². The van der Waals surface area contributed by atoms with E-state index in [1.807, 2.05) is 12.1 Å². The van der Waals surface area contributed by atoms with Crippen LogP contribution in [0.3, 0.4) is 0 Å². The van der Waals surface area contributed by atoms with Gasteiger partial charge < -0.3 is 9.73 Å². The Balaban J connectivity index is 1.73. The highest BCUT2D eigenvalue weighted by Crippen LogP contribution is 2.27. The fourth-order valence-electron chi connectivity index (χ4n) is 1.91. The van der Waals surface area contributed by atoms with Crippen molar-refractivity contribution in [2.75, 3.05) is 6.54 Å². The molecule has 1 fully saturated rings. The van der Waals surface area contributed by atoms with E-state index >= 15 is 0 Å². The Hall–Kier alpha value is -1.35. The summed E-state index contributed by atoms with van der Waals surface area (Å²) in [7, 11) is 0. The van der Waals surface area contributed by atoms with Crippen LogP contribution in [0.25, 0.3) is 11.1 Å². The number of para-hydroxylation sites is 1. The molecule has 84 valence electrons. The molecule has 3 rings (SSSR count). The van der Waals surface area contributed by atoms with Gasteiger partial charge in [0.05, 0.1) is 6.54 Å². The van der Waals surface area contributed by atoms with E-state index in [0.717, 1.165) is 41.6 Å². The third-order valence-corrected chi connectivity index (χ3v) is 3.06. The van der Waals surface area contributed by atoms with Gasteiger partial charge in [0.15, 0.2) is 5.58 Å². The van der Waals surface area contributed by atoms with Crippen LogP contribution in [0.15, 0.2) is 22.6 Å². The summed E-state index contributed by atoms with van der Waals surface area (Å²) in [5.41, 5.74) is 3.03. The summed E-state index contributed by atoms with van der Waals surface area (Å²) in [4.78, 5) is 4.46. The van der Waals surface area contributed by atoms with Crippen molar-refractivity contribution in [2.45, 2.75) is 26.3 Å². The van der Waals surface area contributed by atoms with Gasteiger partial charge in [0.25, 0.3) is 0 Å². The van der Waals surface area contributed by atoms with Gasteiger partial charge in [0, 0.05) is 0 Å². The smallest absolute Gasteiger partial charge is 0.209 e. The monoisotopic (exact) mass is 216 g/mol. The third-order valence-electron chi connectivity index (χ3n) is 3.06. The Morgan fingerprint density at radius 2 is 2.31 bits per heavy atom. The first-order chi connectivity index (χ1) is 7.83. The summed E-state index contributed by atoms with van der Waals surface area (Å²) < 4.78 is 5.73. The molecule has 0 atom stereocenters.